The van der Waals surface area contributed by atoms with Gasteiger partial charge in [-0.15, -0.1) is 6.58 Å². The maximum Gasteiger partial charge on any atom is 0.148 e. The zero-order valence-electron chi connectivity index (χ0n) is 20.6. The van der Waals surface area contributed by atoms with Crippen LogP contribution in [0.15, 0.2) is 85.6 Å². The molecule has 3 aromatic rings. The predicted molar refractivity (Wildman–Crippen MR) is 138 cm³/mol. The van der Waals surface area contributed by atoms with Gasteiger partial charge < -0.3 is 4.74 Å². The van der Waals surface area contributed by atoms with Crippen LogP contribution in [0, 0.1) is 27.7 Å². The minimum absolute atomic E-state index is 0.643. The zero-order chi connectivity index (χ0) is 23.8. The average molecular weight is 418 g/mol. The maximum atomic E-state index is 5.73. The molecule has 2 nitrogen and oxygen atoms in total. The summed E-state index contributed by atoms with van der Waals surface area (Å²) in [6, 6.07) is 20.2. The first kappa shape index (κ1) is 27.9. The molecule has 0 amide bonds. The Morgan fingerprint density at radius 1 is 0.774 bits per heavy atom. The average Bonchev–Trinajstić information content (AvgIpc) is 2.73. The van der Waals surface area contributed by atoms with E-state index >= 15 is 0 Å². The largest absolute Gasteiger partial charge is 0.455 e. The first-order chi connectivity index (χ1) is 14.7. The molecule has 166 valence electrons. The number of benzene rings is 2. The van der Waals surface area contributed by atoms with Crippen molar-refractivity contribution in [2.45, 2.75) is 55.4 Å². The van der Waals surface area contributed by atoms with E-state index < -0.39 is 0 Å². The highest BCUT2D eigenvalue weighted by Crippen LogP contribution is 2.22. The van der Waals surface area contributed by atoms with E-state index in [1.807, 2.05) is 77.9 Å². The standard InChI is InChI=1S/C15H15NO.C8H10.C4H8.C2H6/c1-11-6-4-7-14(10-11)13(3)17-15-8-5-9-16-12(15)2;1-7-5-3-4-6-8(7)2;1-4(2)3;1-2/h4-10H,3H2,1-2H3;3-6H,1-2H3;1H2,2-3H3;1-2H3. The number of ether oxygens (including phenoxy) is 1. The first-order valence-electron chi connectivity index (χ1n) is 10.7. The Kier molecular flexibility index (Phi) is 14.1. The van der Waals surface area contributed by atoms with Crippen molar-refractivity contribution in [3.63, 3.8) is 0 Å². The Bertz CT molecular complexity index is 916. The highest BCUT2D eigenvalue weighted by molar-refractivity contribution is 5.60. The van der Waals surface area contributed by atoms with Gasteiger partial charge in [-0.3, -0.25) is 4.98 Å². The maximum absolute atomic E-state index is 5.73. The molecule has 0 unspecified atom stereocenters. The van der Waals surface area contributed by atoms with Crippen LogP contribution in [-0.2, 0) is 0 Å². The summed E-state index contributed by atoms with van der Waals surface area (Å²) in [6.07, 6.45) is 1.75. The Morgan fingerprint density at radius 2 is 1.32 bits per heavy atom. The SMILES string of the molecule is C=C(C)C.C=C(Oc1cccnc1C)c1cccc(C)c1.CC.Cc1ccccc1C. The molecule has 0 aliphatic rings. The van der Waals surface area contributed by atoms with E-state index in [-0.39, 0.29) is 0 Å². The molecule has 0 saturated carbocycles. The van der Waals surface area contributed by atoms with Gasteiger partial charge in [-0.25, -0.2) is 0 Å². The van der Waals surface area contributed by atoms with E-state index in [2.05, 4.69) is 56.3 Å². The van der Waals surface area contributed by atoms with Gasteiger partial charge >= 0.3 is 0 Å². The van der Waals surface area contributed by atoms with Crippen LogP contribution in [0.4, 0.5) is 0 Å². The molecule has 0 atom stereocenters. The molecule has 0 N–H and O–H groups in total. The molecule has 0 aliphatic heterocycles. The Hall–Kier alpha value is -3.13. The summed E-state index contributed by atoms with van der Waals surface area (Å²) < 4.78 is 5.73. The molecule has 2 aromatic carbocycles. The molecular weight excluding hydrogens is 378 g/mol. The highest BCUT2D eigenvalue weighted by atomic mass is 16.5. The van der Waals surface area contributed by atoms with Crippen molar-refractivity contribution in [1.82, 2.24) is 4.98 Å². The lowest BCUT2D eigenvalue weighted by Crippen LogP contribution is -1.96. The van der Waals surface area contributed by atoms with Crippen LogP contribution in [0.3, 0.4) is 0 Å². The lowest BCUT2D eigenvalue weighted by Gasteiger charge is -2.10. The van der Waals surface area contributed by atoms with Crippen molar-refractivity contribution in [1.29, 1.82) is 0 Å². The summed E-state index contributed by atoms with van der Waals surface area (Å²) in [6.45, 7) is 23.7. The molecular formula is C29H39NO. The van der Waals surface area contributed by atoms with Gasteiger partial charge in [-0.1, -0.05) is 74.0 Å². The van der Waals surface area contributed by atoms with Crippen LogP contribution in [0.1, 0.15) is 55.6 Å². The Balaban J connectivity index is 0.000000534. The van der Waals surface area contributed by atoms with Crippen molar-refractivity contribution >= 4 is 5.76 Å². The monoisotopic (exact) mass is 417 g/mol. The smallest absolute Gasteiger partial charge is 0.148 e. The summed E-state index contributed by atoms with van der Waals surface area (Å²) >= 11 is 0. The summed E-state index contributed by atoms with van der Waals surface area (Å²) in [5.74, 6) is 1.39. The fourth-order valence-electron chi connectivity index (χ4n) is 2.25. The van der Waals surface area contributed by atoms with E-state index in [4.69, 9.17) is 4.74 Å². The van der Waals surface area contributed by atoms with Crippen LogP contribution in [-0.4, -0.2) is 4.98 Å². The Labute approximate surface area is 190 Å². The van der Waals surface area contributed by atoms with Crippen LogP contribution in [0.5, 0.6) is 5.75 Å². The van der Waals surface area contributed by atoms with Gasteiger partial charge in [0.15, 0.2) is 0 Å². The van der Waals surface area contributed by atoms with Crippen molar-refractivity contribution in [3.8, 4) is 5.75 Å². The van der Waals surface area contributed by atoms with Gasteiger partial charge in [0.05, 0.1) is 5.69 Å². The third-order valence-electron chi connectivity index (χ3n) is 3.96. The molecule has 2 heteroatoms. The number of nitrogens with zero attached hydrogens (tertiary/aromatic N) is 1. The fourth-order valence-corrected chi connectivity index (χ4v) is 2.25. The molecule has 0 fully saturated rings. The molecule has 1 heterocycles. The first-order valence-corrected chi connectivity index (χ1v) is 10.7. The van der Waals surface area contributed by atoms with Crippen molar-refractivity contribution < 1.29 is 4.74 Å². The van der Waals surface area contributed by atoms with Gasteiger partial charge in [0, 0.05) is 11.8 Å². The summed E-state index contributed by atoms with van der Waals surface area (Å²) in [7, 11) is 0. The lowest BCUT2D eigenvalue weighted by atomic mass is 10.1. The third kappa shape index (κ3) is 12.2. The minimum atomic E-state index is 0.643. The van der Waals surface area contributed by atoms with Gasteiger partial charge in [-0.2, -0.15) is 0 Å². The van der Waals surface area contributed by atoms with Crippen molar-refractivity contribution in [3.05, 3.63) is 114 Å². The van der Waals surface area contributed by atoms with E-state index in [0.29, 0.717) is 5.76 Å². The summed E-state index contributed by atoms with van der Waals surface area (Å²) in [5, 5.41) is 0. The summed E-state index contributed by atoms with van der Waals surface area (Å²) in [4.78, 5) is 4.18. The van der Waals surface area contributed by atoms with Crippen molar-refractivity contribution in [2.75, 3.05) is 0 Å². The lowest BCUT2D eigenvalue weighted by molar-refractivity contribution is 0.509. The molecule has 3 rings (SSSR count). The minimum Gasteiger partial charge on any atom is -0.455 e. The number of rotatable bonds is 3. The number of aryl methyl sites for hydroxylation is 4. The fraction of sp³-hybridized carbons (Fsp3) is 0.276. The molecule has 0 bridgehead atoms. The van der Waals surface area contributed by atoms with E-state index in [1.165, 1.54) is 22.3 Å². The molecule has 0 spiro atoms. The second kappa shape index (κ2) is 15.7. The highest BCUT2D eigenvalue weighted by Gasteiger charge is 2.04. The van der Waals surface area contributed by atoms with Gasteiger partial charge in [0.25, 0.3) is 0 Å². The van der Waals surface area contributed by atoms with E-state index in [9.17, 15) is 0 Å². The molecule has 0 saturated heterocycles. The van der Waals surface area contributed by atoms with Gasteiger partial charge in [0.2, 0.25) is 0 Å². The molecule has 31 heavy (non-hydrogen) atoms. The van der Waals surface area contributed by atoms with Crippen LogP contribution in [0.2, 0.25) is 0 Å². The van der Waals surface area contributed by atoms with Crippen LogP contribution < -0.4 is 4.74 Å². The molecule has 0 aliphatic carbocycles. The number of hydrogen-bond acceptors (Lipinski definition) is 2. The second-order valence-corrected chi connectivity index (χ2v) is 7.27. The Morgan fingerprint density at radius 3 is 1.77 bits per heavy atom. The predicted octanol–water partition coefficient (Wildman–Crippen LogP) is 8.66. The van der Waals surface area contributed by atoms with E-state index in [1.54, 1.807) is 6.20 Å². The number of aromatic nitrogens is 1. The zero-order valence-corrected chi connectivity index (χ0v) is 20.6. The van der Waals surface area contributed by atoms with Crippen LogP contribution in [0.25, 0.3) is 5.76 Å². The number of allylic oxidation sites excluding steroid dienone is 1. The van der Waals surface area contributed by atoms with Gasteiger partial charge in [0.1, 0.15) is 11.5 Å². The van der Waals surface area contributed by atoms with Crippen molar-refractivity contribution in [2.24, 2.45) is 0 Å². The number of hydrogen-bond donors (Lipinski definition) is 0. The molecule has 0 radical (unpaired) electrons. The third-order valence-corrected chi connectivity index (χ3v) is 3.96. The number of pyridine rings is 1. The van der Waals surface area contributed by atoms with E-state index in [0.717, 1.165) is 17.0 Å². The topological polar surface area (TPSA) is 22.1 Å². The van der Waals surface area contributed by atoms with Gasteiger partial charge in [-0.05, 0) is 70.9 Å². The second-order valence-electron chi connectivity index (χ2n) is 7.27. The quantitative estimate of drug-likeness (QED) is 0.314. The molecule has 1 aromatic heterocycles. The summed E-state index contributed by atoms with van der Waals surface area (Å²) in [5.41, 5.74) is 6.95. The normalized spacial score (nSPS) is 8.90. The van der Waals surface area contributed by atoms with Crippen LogP contribution >= 0.6 is 0 Å².